The van der Waals surface area contributed by atoms with Gasteiger partial charge in [-0.1, -0.05) is 325 Å². The average molecular weight is 1160 g/mol. The van der Waals surface area contributed by atoms with Crippen molar-refractivity contribution in [1.29, 1.82) is 0 Å². The van der Waals surface area contributed by atoms with Crippen LogP contribution in [0.25, 0.3) is 0 Å². The fraction of sp³-hybridized carbons (Fsp3) is 0.805. The molecule has 0 saturated heterocycles. The lowest BCUT2D eigenvalue weighted by molar-refractivity contribution is -0.167. The molecular formula is C77H138O6. The van der Waals surface area contributed by atoms with Crippen molar-refractivity contribution < 1.29 is 28.6 Å². The number of rotatable bonds is 67. The predicted octanol–water partition coefficient (Wildman–Crippen LogP) is 25.2. The zero-order valence-electron chi connectivity index (χ0n) is 55.5. The first-order valence-corrected chi connectivity index (χ1v) is 36.4. The van der Waals surface area contributed by atoms with Gasteiger partial charge in [-0.15, -0.1) is 0 Å². The lowest BCUT2D eigenvalue weighted by Gasteiger charge is -2.18. The van der Waals surface area contributed by atoms with Gasteiger partial charge in [0.15, 0.2) is 6.10 Å². The number of unbranched alkanes of at least 4 members (excludes halogenated alkanes) is 44. The minimum Gasteiger partial charge on any atom is -0.462 e. The lowest BCUT2D eigenvalue weighted by atomic mass is 10.0. The molecule has 0 aliphatic rings. The number of hydrogen-bond donors (Lipinski definition) is 0. The van der Waals surface area contributed by atoms with Gasteiger partial charge < -0.3 is 14.2 Å². The van der Waals surface area contributed by atoms with Crippen LogP contribution in [-0.4, -0.2) is 37.2 Å². The van der Waals surface area contributed by atoms with Crippen LogP contribution >= 0.6 is 0 Å². The fourth-order valence-corrected chi connectivity index (χ4v) is 10.6. The van der Waals surface area contributed by atoms with Crippen LogP contribution < -0.4 is 0 Å². The van der Waals surface area contributed by atoms with Crippen molar-refractivity contribution in [2.24, 2.45) is 0 Å². The molecule has 83 heavy (non-hydrogen) atoms. The second-order valence-corrected chi connectivity index (χ2v) is 24.5. The number of ether oxygens (including phenoxy) is 3. The summed E-state index contributed by atoms with van der Waals surface area (Å²) < 4.78 is 17.0. The van der Waals surface area contributed by atoms with E-state index in [1.165, 1.54) is 257 Å². The van der Waals surface area contributed by atoms with Gasteiger partial charge in [-0.05, 0) is 109 Å². The molecule has 0 radical (unpaired) electrons. The Kier molecular flexibility index (Phi) is 68.6. The van der Waals surface area contributed by atoms with E-state index in [2.05, 4.69) is 93.7 Å². The van der Waals surface area contributed by atoms with Crippen molar-refractivity contribution in [3.63, 3.8) is 0 Å². The monoisotopic (exact) mass is 1160 g/mol. The Bertz CT molecular complexity index is 1520. The molecule has 0 rings (SSSR count). The molecule has 1 atom stereocenters. The van der Waals surface area contributed by atoms with Crippen molar-refractivity contribution in [2.45, 2.75) is 386 Å². The molecule has 0 amide bonds. The highest BCUT2D eigenvalue weighted by Crippen LogP contribution is 2.18. The second kappa shape index (κ2) is 71.3. The highest BCUT2D eigenvalue weighted by molar-refractivity contribution is 5.71. The molecule has 0 aromatic rings. The highest BCUT2D eigenvalue weighted by atomic mass is 16.6. The normalized spacial score (nSPS) is 12.5. The zero-order valence-corrected chi connectivity index (χ0v) is 55.5. The maximum atomic E-state index is 13.0. The van der Waals surface area contributed by atoms with Crippen LogP contribution in [0.2, 0.25) is 0 Å². The van der Waals surface area contributed by atoms with Crippen LogP contribution in [0.1, 0.15) is 380 Å². The van der Waals surface area contributed by atoms with Gasteiger partial charge in [0.2, 0.25) is 0 Å². The number of allylic oxidation sites excluding steroid dienone is 12. The molecule has 0 bridgehead atoms. The fourth-order valence-electron chi connectivity index (χ4n) is 10.6. The first-order valence-electron chi connectivity index (χ1n) is 36.4. The predicted molar refractivity (Wildman–Crippen MR) is 362 cm³/mol. The smallest absolute Gasteiger partial charge is 0.306 e. The Morgan fingerprint density at radius 3 is 0.723 bits per heavy atom. The highest BCUT2D eigenvalue weighted by Gasteiger charge is 2.19. The minimum absolute atomic E-state index is 0.0755. The molecule has 0 spiro atoms. The van der Waals surface area contributed by atoms with Crippen LogP contribution in [-0.2, 0) is 28.6 Å². The molecule has 0 aromatic heterocycles. The number of hydrogen-bond acceptors (Lipinski definition) is 6. The Labute approximate surface area is 516 Å². The largest absolute Gasteiger partial charge is 0.462 e. The van der Waals surface area contributed by atoms with Crippen molar-refractivity contribution in [1.82, 2.24) is 0 Å². The molecule has 0 aliphatic heterocycles. The molecule has 482 valence electrons. The van der Waals surface area contributed by atoms with Gasteiger partial charge in [0.1, 0.15) is 13.2 Å². The summed E-state index contributed by atoms with van der Waals surface area (Å²) in [6, 6.07) is 0. The van der Waals surface area contributed by atoms with E-state index < -0.39 is 6.10 Å². The lowest BCUT2D eigenvalue weighted by Crippen LogP contribution is -2.30. The summed E-state index contributed by atoms with van der Waals surface area (Å²) in [5.74, 6) is -0.867. The average Bonchev–Trinajstić information content (AvgIpc) is 3.48. The second-order valence-electron chi connectivity index (χ2n) is 24.5. The molecule has 0 saturated carbocycles. The Balaban J connectivity index is 4.19. The zero-order chi connectivity index (χ0) is 59.9. The first-order chi connectivity index (χ1) is 41.0. The van der Waals surface area contributed by atoms with Crippen LogP contribution in [0.3, 0.4) is 0 Å². The van der Waals surface area contributed by atoms with Gasteiger partial charge in [0.25, 0.3) is 0 Å². The summed E-state index contributed by atoms with van der Waals surface area (Å²) in [5, 5.41) is 0. The van der Waals surface area contributed by atoms with Gasteiger partial charge in [0, 0.05) is 19.3 Å². The molecule has 1 unspecified atom stereocenters. The summed E-state index contributed by atoms with van der Waals surface area (Å²) in [6.07, 6.45) is 93.7. The number of carbonyl (C=O) groups is 3. The van der Waals surface area contributed by atoms with Gasteiger partial charge in [-0.2, -0.15) is 0 Å². The molecule has 6 heteroatoms. The van der Waals surface area contributed by atoms with Crippen LogP contribution in [0.15, 0.2) is 72.9 Å². The molecule has 6 nitrogen and oxygen atoms in total. The maximum absolute atomic E-state index is 13.0. The molecular weight excluding hydrogens is 1020 g/mol. The quantitative estimate of drug-likeness (QED) is 0.0261. The van der Waals surface area contributed by atoms with E-state index in [-0.39, 0.29) is 31.1 Å². The van der Waals surface area contributed by atoms with Crippen LogP contribution in [0, 0.1) is 0 Å². The third kappa shape index (κ3) is 69.5. The Hall–Kier alpha value is -3.15. The Morgan fingerprint density at radius 1 is 0.241 bits per heavy atom. The van der Waals surface area contributed by atoms with Crippen molar-refractivity contribution in [3.05, 3.63) is 72.9 Å². The summed E-state index contributed by atoms with van der Waals surface area (Å²) in [7, 11) is 0. The van der Waals surface area contributed by atoms with Gasteiger partial charge in [-0.25, -0.2) is 0 Å². The summed E-state index contributed by atoms with van der Waals surface area (Å²) in [6.45, 7) is 6.62. The van der Waals surface area contributed by atoms with Gasteiger partial charge in [-0.3, -0.25) is 14.4 Å². The minimum atomic E-state index is -0.780. The Morgan fingerprint density at radius 2 is 0.446 bits per heavy atom. The van der Waals surface area contributed by atoms with Gasteiger partial charge >= 0.3 is 17.9 Å². The van der Waals surface area contributed by atoms with E-state index in [9.17, 15) is 14.4 Å². The summed E-state index contributed by atoms with van der Waals surface area (Å²) in [4.78, 5) is 38.4. The molecule has 0 fully saturated rings. The third-order valence-corrected chi connectivity index (χ3v) is 16.2. The van der Waals surface area contributed by atoms with E-state index in [0.717, 1.165) is 83.5 Å². The standard InChI is InChI=1S/C77H138O6/c1-4-7-10-13-16-19-22-24-26-28-30-32-34-36-37-38-39-41-42-44-46-48-50-52-55-58-61-64-67-70-76(79)82-73-74(72-81-75(78)69-66-63-60-57-54-21-18-15-12-9-6-3)83-77(80)71-68-65-62-59-56-53-51-49-47-45-43-40-35-33-31-29-27-25-23-20-17-14-11-8-5-2/h15,18,22-25,28-31,34,36,74H,4-14,16-17,19-21,26-27,32-33,35,37-73H2,1-3H3/b18-15-,24-22-,25-23-,30-28-,31-29-,36-34-. The van der Waals surface area contributed by atoms with Crippen molar-refractivity contribution >= 4 is 17.9 Å². The van der Waals surface area contributed by atoms with E-state index >= 15 is 0 Å². The van der Waals surface area contributed by atoms with Crippen molar-refractivity contribution in [2.75, 3.05) is 13.2 Å². The van der Waals surface area contributed by atoms with Crippen LogP contribution in [0.4, 0.5) is 0 Å². The van der Waals surface area contributed by atoms with Crippen LogP contribution in [0.5, 0.6) is 0 Å². The van der Waals surface area contributed by atoms with E-state index in [1.807, 2.05) is 0 Å². The first kappa shape index (κ1) is 79.8. The molecule has 0 aliphatic carbocycles. The molecule has 0 N–H and O–H groups in total. The SMILES string of the molecule is CCCC/C=C\CCCCCCCC(=O)OCC(COC(=O)CCCCCCCCCCCCCCCC/C=C\C/C=C\C/C=C\CCCCCCC)OC(=O)CCCCCCCCCCCCCCC/C=C\C/C=C\CCCCCCC. The number of carbonyl (C=O) groups excluding carboxylic acids is 3. The maximum Gasteiger partial charge on any atom is 0.306 e. The van der Waals surface area contributed by atoms with E-state index in [4.69, 9.17) is 14.2 Å². The molecule has 0 heterocycles. The molecule has 0 aromatic carbocycles. The summed E-state index contributed by atoms with van der Waals surface area (Å²) >= 11 is 0. The third-order valence-electron chi connectivity index (χ3n) is 16.2. The topological polar surface area (TPSA) is 78.9 Å². The van der Waals surface area contributed by atoms with E-state index in [0.29, 0.717) is 19.3 Å². The van der Waals surface area contributed by atoms with Gasteiger partial charge in [0.05, 0.1) is 0 Å². The van der Waals surface area contributed by atoms with Crippen molar-refractivity contribution in [3.8, 4) is 0 Å². The number of esters is 3. The van der Waals surface area contributed by atoms with E-state index in [1.54, 1.807) is 0 Å². The summed E-state index contributed by atoms with van der Waals surface area (Å²) in [5.41, 5.74) is 0.